The van der Waals surface area contributed by atoms with Gasteiger partial charge in [-0.1, -0.05) is 12.1 Å². The van der Waals surface area contributed by atoms with Crippen molar-refractivity contribution in [3.63, 3.8) is 0 Å². The number of anilines is 1. The van der Waals surface area contributed by atoms with Crippen LogP contribution >= 0.6 is 0 Å². The normalized spacial score (nSPS) is 10.1. The maximum Gasteiger partial charge on any atom is 0.146 e. The predicted molar refractivity (Wildman–Crippen MR) is 54.0 cm³/mol. The summed E-state index contributed by atoms with van der Waals surface area (Å²) < 4.78 is 13.1. The van der Waals surface area contributed by atoms with Crippen LogP contribution in [0.3, 0.4) is 0 Å². The first kappa shape index (κ1) is 8.69. The minimum absolute atomic E-state index is 0.157. The Kier molecular flexibility index (Phi) is 2.14. The molecule has 14 heavy (non-hydrogen) atoms. The highest BCUT2D eigenvalue weighted by atomic mass is 19.1. The third-order valence-corrected chi connectivity index (χ3v) is 1.96. The second kappa shape index (κ2) is 3.46. The number of rotatable bonds is 1. The van der Waals surface area contributed by atoms with Crippen LogP contribution in [0.5, 0.6) is 0 Å². The summed E-state index contributed by atoms with van der Waals surface area (Å²) in [5.74, 6) is -0.409. The molecule has 0 saturated carbocycles. The van der Waals surface area contributed by atoms with Crippen molar-refractivity contribution in [2.75, 3.05) is 5.73 Å². The summed E-state index contributed by atoms with van der Waals surface area (Å²) in [6.07, 6.45) is 1.67. The minimum Gasteiger partial charge on any atom is -0.396 e. The van der Waals surface area contributed by atoms with Gasteiger partial charge in [-0.3, -0.25) is 4.98 Å². The highest BCUT2D eigenvalue weighted by molar-refractivity contribution is 5.62. The first-order valence-electron chi connectivity index (χ1n) is 4.24. The molecule has 0 bridgehead atoms. The van der Waals surface area contributed by atoms with E-state index in [-0.39, 0.29) is 5.69 Å². The molecule has 3 heteroatoms. The number of aromatic nitrogens is 1. The topological polar surface area (TPSA) is 38.9 Å². The molecule has 0 atom stereocenters. The lowest BCUT2D eigenvalue weighted by Gasteiger charge is -2.01. The molecule has 0 spiro atoms. The van der Waals surface area contributed by atoms with E-state index in [1.807, 2.05) is 18.2 Å². The number of hydrogen-bond donors (Lipinski definition) is 1. The van der Waals surface area contributed by atoms with Crippen molar-refractivity contribution in [1.82, 2.24) is 4.98 Å². The smallest absolute Gasteiger partial charge is 0.146 e. The van der Waals surface area contributed by atoms with E-state index in [0.717, 1.165) is 11.3 Å². The standard InChI is InChI=1S/C11H9FN2/c12-9-7-8(4-5-10(9)13)11-3-1-2-6-14-11/h1-7H,13H2. The van der Waals surface area contributed by atoms with E-state index >= 15 is 0 Å². The van der Waals surface area contributed by atoms with Crippen LogP contribution in [0.4, 0.5) is 10.1 Å². The first-order chi connectivity index (χ1) is 6.77. The number of nitrogens with two attached hydrogens (primary N) is 1. The van der Waals surface area contributed by atoms with E-state index in [1.54, 1.807) is 18.3 Å². The average molecular weight is 188 g/mol. The molecule has 0 unspecified atom stereocenters. The van der Waals surface area contributed by atoms with Crippen LogP contribution in [0.1, 0.15) is 0 Å². The quantitative estimate of drug-likeness (QED) is 0.698. The lowest BCUT2D eigenvalue weighted by Crippen LogP contribution is -1.91. The summed E-state index contributed by atoms with van der Waals surface area (Å²) in [5, 5.41) is 0. The lowest BCUT2D eigenvalue weighted by atomic mass is 10.1. The van der Waals surface area contributed by atoms with Crippen LogP contribution in [0, 0.1) is 5.82 Å². The van der Waals surface area contributed by atoms with E-state index in [2.05, 4.69) is 4.98 Å². The van der Waals surface area contributed by atoms with Crippen molar-refractivity contribution in [3.8, 4) is 11.3 Å². The Bertz CT molecular complexity index is 440. The van der Waals surface area contributed by atoms with E-state index in [0.29, 0.717) is 0 Å². The number of nitrogen functional groups attached to an aromatic ring is 1. The zero-order valence-electron chi connectivity index (χ0n) is 7.44. The molecule has 0 radical (unpaired) electrons. The summed E-state index contributed by atoms with van der Waals surface area (Å²) >= 11 is 0. The number of nitrogens with zero attached hydrogens (tertiary/aromatic N) is 1. The van der Waals surface area contributed by atoms with Gasteiger partial charge >= 0.3 is 0 Å². The van der Waals surface area contributed by atoms with E-state index < -0.39 is 5.82 Å². The molecule has 0 aliphatic carbocycles. The van der Waals surface area contributed by atoms with Gasteiger partial charge in [-0.25, -0.2) is 4.39 Å². The maximum absolute atomic E-state index is 13.1. The fourth-order valence-corrected chi connectivity index (χ4v) is 1.22. The fourth-order valence-electron chi connectivity index (χ4n) is 1.22. The highest BCUT2D eigenvalue weighted by Gasteiger charge is 2.02. The van der Waals surface area contributed by atoms with Crippen molar-refractivity contribution in [1.29, 1.82) is 0 Å². The number of hydrogen-bond acceptors (Lipinski definition) is 2. The van der Waals surface area contributed by atoms with Crippen molar-refractivity contribution < 1.29 is 4.39 Å². The molecular formula is C11H9FN2. The van der Waals surface area contributed by atoms with Crippen molar-refractivity contribution in [2.24, 2.45) is 0 Å². The van der Waals surface area contributed by atoms with Crippen LogP contribution in [0.25, 0.3) is 11.3 Å². The summed E-state index contributed by atoms with van der Waals surface area (Å²) in [4.78, 5) is 4.11. The highest BCUT2D eigenvalue weighted by Crippen LogP contribution is 2.20. The number of halogens is 1. The molecule has 0 fully saturated rings. The minimum atomic E-state index is -0.409. The molecule has 0 amide bonds. The summed E-state index contributed by atoms with van der Waals surface area (Å²) in [6, 6.07) is 10.2. The largest absolute Gasteiger partial charge is 0.396 e. The third-order valence-electron chi connectivity index (χ3n) is 1.96. The molecule has 1 heterocycles. The van der Waals surface area contributed by atoms with Crippen molar-refractivity contribution in [3.05, 3.63) is 48.4 Å². The van der Waals surface area contributed by atoms with E-state index in [4.69, 9.17) is 5.73 Å². The predicted octanol–water partition coefficient (Wildman–Crippen LogP) is 2.47. The van der Waals surface area contributed by atoms with E-state index in [1.165, 1.54) is 6.07 Å². The molecular weight excluding hydrogens is 179 g/mol. The van der Waals surface area contributed by atoms with Crippen molar-refractivity contribution >= 4 is 5.69 Å². The van der Waals surface area contributed by atoms with Gasteiger partial charge in [0.05, 0.1) is 11.4 Å². The van der Waals surface area contributed by atoms with Crippen LogP contribution in [-0.2, 0) is 0 Å². The molecule has 2 nitrogen and oxygen atoms in total. The Morgan fingerprint density at radius 1 is 1.14 bits per heavy atom. The lowest BCUT2D eigenvalue weighted by molar-refractivity contribution is 0.633. The maximum atomic E-state index is 13.1. The van der Waals surface area contributed by atoms with Gasteiger partial charge < -0.3 is 5.73 Å². The van der Waals surface area contributed by atoms with Gasteiger partial charge in [0.2, 0.25) is 0 Å². The molecule has 0 aliphatic heterocycles. The molecule has 1 aromatic carbocycles. The van der Waals surface area contributed by atoms with Gasteiger partial charge in [-0.05, 0) is 24.3 Å². The van der Waals surface area contributed by atoms with Gasteiger partial charge in [0.1, 0.15) is 5.82 Å². The number of benzene rings is 1. The van der Waals surface area contributed by atoms with Gasteiger partial charge in [0, 0.05) is 11.8 Å². The second-order valence-electron chi connectivity index (χ2n) is 2.95. The first-order valence-corrected chi connectivity index (χ1v) is 4.24. The number of pyridine rings is 1. The van der Waals surface area contributed by atoms with Crippen LogP contribution in [0.2, 0.25) is 0 Å². The molecule has 2 rings (SSSR count). The van der Waals surface area contributed by atoms with Crippen LogP contribution in [0.15, 0.2) is 42.6 Å². The zero-order valence-corrected chi connectivity index (χ0v) is 7.44. The average Bonchev–Trinajstić information content (AvgIpc) is 2.23. The molecule has 0 aliphatic rings. The zero-order chi connectivity index (χ0) is 9.97. The second-order valence-corrected chi connectivity index (χ2v) is 2.95. The molecule has 1 aromatic heterocycles. The molecule has 70 valence electrons. The molecule has 0 saturated heterocycles. The Morgan fingerprint density at radius 3 is 2.64 bits per heavy atom. The Morgan fingerprint density at radius 2 is 2.00 bits per heavy atom. The summed E-state index contributed by atoms with van der Waals surface area (Å²) in [5.41, 5.74) is 7.00. The molecule has 2 aromatic rings. The Hall–Kier alpha value is -1.90. The van der Waals surface area contributed by atoms with Crippen molar-refractivity contribution in [2.45, 2.75) is 0 Å². The third kappa shape index (κ3) is 1.57. The molecule has 2 N–H and O–H groups in total. The van der Waals surface area contributed by atoms with Crippen LogP contribution < -0.4 is 5.73 Å². The summed E-state index contributed by atoms with van der Waals surface area (Å²) in [6.45, 7) is 0. The van der Waals surface area contributed by atoms with Gasteiger partial charge in [0.25, 0.3) is 0 Å². The Labute approximate surface area is 81.2 Å². The summed E-state index contributed by atoms with van der Waals surface area (Å²) in [7, 11) is 0. The Balaban J connectivity index is 2.48. The SMILES string of the molecule is Nc1ccc(-c2ccccn2)cc1F. The van der Waals surface area contributed by atoms with Gasteiger partial charge in [0.15, 0.2) is 0 Å². The fraction of sp³-hybridized carbons (Fsp3) is 0. The van der Waals surface area contributed by atoms with Gasteiger partial charge in [-0.2, -0.15) is 0 Å². The monoisotopic (exact) mass is 188 g/mol. The van der Waals surface area contributed by atoms with Crippen LogP contribution in [-0.4, -0.2) is 4.98 Å². The van der Waals surface area contributed by atoms with Gasteiger partial charge in [-0.15, -0.1) is 0 Å². The van der Waals surface area contributed by atoms with E-state index in [9.17, 15) is 4.39 Å².